The van der Waals surface area contributed by atoms with Gasteiger partial charge in [-0.15, -0.1) is 0 Å². The number of ether oxygens (including phenoxy) is 1. The monoisotopic (exact) mass is 631 g/mol. The lowest BCUT2D eigenvalue weighted by Gasteiger charge is -2.22. The topological polar surface area (TPSA) is 151 Å². The largest absolute Gasteiger partial charge is 0.483 e. The Morgan fingerprint density at radius 2 is 1.76 bits per heavy atom. The van der Waals surface area contributed by atoms with E-state index in [0.29, 0.717) is 36.1 Å². The summed E-state index contributed by atoms with van der Waals surface area (Å²) in [6.07, 6.45) is 1.49. The van der Waals surface area contributed by atoms with Crippen LogP contribution in [-0.2, 0) is 14.4 Å². The Kier molecular flexibility index (Phi) is 10.6. The predicted molar refractivity (Wildman–Crippen MR) is 174 cm³/mol. The number of anilines is 3. The fourth-order valence-corrected chi connectivity index (χ4v) is 5.48. The quantitative estimate of drug-likeness (QED) is 0.145. The average molecular weight is 632 g/mol. The highest BCUT2D eigenvalue weighted by molar-refractivity contribution is 8.18. The number of thioether (sulfide) groups is 1. The zero-order valence-electron chi connectivity index (χ0n) is 25.3. The van der Waals surface area contributed by atoms with E-state index in [4.69, 9.17) is 4.74 Å². The summed E-state index contributed by atoms with van der Waals surface area (Å²) < 4.78 is 5.88. The molecular formula is C32H33N5O7S. The van der Waals surface area contributed by atoms with Crippen LogP contribution in [0.1, 0.15) is 30.5 Å². The Balaban J connectivity index is 1.51. The van der Waals surface area contributed by atoms with E-state index in [1.54, 1.807) is 18.2 Å². The molecule has 45 heavy (non-hydrogen) atoms. The summed E-state index contributed by atoms with van der Waals surface area (Å²) in [6.45, 7) is 8.34. The summed E-state index contributed by atoms with van der Waals surface area (Å²) >= 11 is 0.706. The Labute approximate surface area is 264 Å². The first-order valence-corrected chi connectivity index (χ1v) is 15.0. The summed E-state index contributed by atoms with van der Waals surface area (Å²) in [5.74, 6) is -1.39. The summed E-state index contributed by atoms with van der Waals surface area (Å²) in [5, 5.41) is 15.8. The molecular weight excluding hydrogens is 598 g/mol. The molecule has 13 heteroatoms. The van der Waals surface area contributed by atoms with Crippen molar-refractivity contribution in [3.05, 3.63) is 92.4 Å². The van der Waals surface area contributed by atoms with Gasteiger partial charge < -0.3 is 20.3 Å². The zero-order chi connectivity index (χ0) is 32.7. The number of carbonyl (C=O) groups excluding carboxylic acids is 4. The van der Waals surface area contributed by atoms with Crippen molar-refractivity contribution in [2.45, 2.75) is 27.7 Å². The van der Waals surface area contributed by atoms with Crippen LogP contribution < -0.4 is 20.3 Å². The van der Waals surface area contributed by atoms with Crippen LogP contribution in [0.3, 0.4) is 0 Å². The van der Waals surface area contributed by atoms with Gasteiger partial charge in [-0.05, 0) is 75.4 Å². The minimum Gasteiger partial charge on any atom is -0.483 e. The number of carbonyl (C=O) groups is 4. The third-order valence-corrected chi connectivity index (χ3v) is 7.85. The van der Waals surface area contributed by atoms with E-state index in [0.717, 1.165) is 21.7 Å². The predicted octanol–water partition coefficient (Wildman–Crippen LogP) is 5.75. The number of nitrogens with zero attached hydrogens (tertiary/aromatic N) is 3. The second-order valence-electron chi connectivity index (χ2n) is 10.2. The van der Waals surface area contributed by atoms with Gasteiger partial charge in [-0.3, -0.25) is 34.2 Å². The molecule has 12 nitrogen and oxygen atoms in total. The van der Waals surface area contributed by atoms with Crippen LogP contribution in [0.2, 0.25) is 0 Å². The Hall–Kier alpha value is -5.17. The summed E-state index contributed by atoms with van der Waals surface area (Å²) in [6, 6.07) is 16.4. The van der Waals surface area contributed by atoms with Crippen LogP contribution in [0.5, 0.6) is 5.75 Å². The maximum absolute atomic E-state index is 13.2. The molecule has 4 rings (SSSR count). The molecule has 0 saturated carbocycles. The van der Waals surface area contributed by atoms with Crippen molar-refractivity contribution < 1.29 is 28.8 Å². The van der Waals surface area contributed by atoms with E-state index in [1.165, 1.54) is 30.3 Å². The third-order valence-electron chi connectivity index (χ3n) is 6.94. The highest BCUT2D eigenvalue weighted by Crippen LogP contribution is 2.35. The van der Waals surface area contributed by atoms with Crippen LogP contribution in [0, 0.1) is 24.0 Å². The van der Waals surface area contributed by atoms with E-state index < -0.39 is 41.0 Å². The van der Waals surface area contributed by atoms with Gasteiger partial charge in [-0.1, -0.05) is 23.8 Å². The molecule has 0 atom stereocenters. The fourth-order valence-electron chi connectivity index (χ4n) is 4.66. The van der Waals surface area contributed by atoms with Crippen molar-refractivity contribution in [2.75, 3.05) is 41.8 Å². The first-order valence-electron chi connectivity index (χ1n) is 14.2. The van der Waals surface area contributed by atoms with Crippen LogP contribution in [-0.4, -0.2) is 59.0 Å². The molecule has 1 fully saturated rings. The maximum atomic E-state index is 13.2. The average Bonchev–Trinajstić information content (AvgIpc) is 3.26. The number of hydrogen-bond acceptors (Lipinski definition) is 9. The molecule has 234 valence electrons. The molecule has 0 aromatic heterocycles. The second-order valence-corrected chi connectivity index (χ2v) is 11.2. The van der Waals surface area contributed by atoms with Gasteiger partial charge in [0.25, 0.3) is 22.7 Å². The number of hydrogen-bond donors (Lipinski definition) is 2. The molecule has 1 saturated heterocycles. The van der Waals surface area contributed by atoms with Gasteiger partial charge in [0, 0.05) is 53.9 Å². The van der Waals surface area contributed by atoms with Gasteiger partial charge in [0.2, 0.25) is 5.91 Å². The molecule has 3 aromatic carbocycles. The Bertz CT molecular complexity index is 1690. The number of non-ortho nitro benzene ring substituents is 1. The molecule has 1 aliphatic rings. The molecule has 0 spiro atoms. The first kappa shape index (κ1) is 32.7. The van der Waals surface area contributed by atoms with Crippen LogP contribution in [0.4, 0.5) is 27.5 Å². The molecule has 0 bridgehead atoms. The SMILES string of the molecule is CCN(CC)c1ccc(/C=C2/SC(=O)N(CC(=O)Nc3ccc(C)cc3C)C2=O)c(OCC(=O)Nc2cccc([N+](=O)[O-])c2)c1. The first-order chi connectivity index (χ1) is 21.5. The van der Waals surface area contributed by atoms with E-state index in [9.17, 15) is 29.3 Å². The highest BCUT2D eigenvalue weighted by Gasteiger charge is 2.36. The Morgan fingerprint density at radius 1 is 1.00 bits per heavy atom. The molecule has 0 radical (unpaired) electrons. The lowest BCUT2D eigenvalue weighted by molar-refractivity contribution is -0.384. The zero-order valence-corrected chi connectivity index (χ0v) is 26.1. The number of rotatable bonds is 12. The molecule has 1 heterocycles. The van der Waals surface area contributed by atoms with E-state index in [1.807, 2.05) is 45.9 Å². The number of nitrogens with one attached hydrogen (secondary N) is 2. The minimum absolute atomic E-state index is 0.0980. The van der Waals surface area contributed by atoms with Gasteiger partial charge in [0.15, 0.2) is 6.61 Å². The summed E-state index contributed by atoms with van der Waals surface area (Å²) in [5.41, 5.74) is 3.83. The minimum atomic E-state index is -0.622. The molecule has 0 unspecified atom stereocenters. The number of aryl methyl sites for hydroxylation is 2. The standard InChI is InChI=1S/C32H33N5O7S/c1-5-35(6-2)24-12-11-22(27(17-24)44-19-30(39)33-23-8-7-9-25(16-23)37(42)43)15-28-31(40)36(32(41)45-28)18-29(38)34-26-13-10-20(3)14-21(26)4/h7-17H,5-6,18-19H2,1-4H3,(H,33,39)(H,34,38)/b28-15+. The van der Waals surface area contributed by atoms with Crippen LogP contribution in [0.25, 0.3) is 6.08 Å². The van der Waals surface area contributed by atoms with Gasteiger partial charge in [-0.2, -0.15) is 0 Å². The third kappa shape index (κ3) is 8.26. The molecule has 3 aromatic rings. The number of benzene rings is 3. The molecule has 0 aliphatic carbocycles. The van der Waals surface area contributed by atoms with Crippen molar-refractivity contribution >= 4 is 63.5 Å². The van der Waals surface area contributed by atoms with Gasteiger partial charge in [-0.25, -0.2) is 0 Å². The molecule has 2 N–H and O–H groups in total. The van der Waals surface area contributed by atoms with Gasteiger partial charge >= 0.3 is 0 Å². The number of amides is 4. The van der Waals surface area contributed by atoms with Crippen molar-refractivity contribution in [3.8, 4) is 5.75 Å². The fraction of sp³-hybridized carbons (Fsp3) is 0.250. The van der Waals surface area contributed by atoms with E-state index >= 15 is 0 Å². The van der Waals surface area contributed by atoms with Gasteiger partial charge in [0.05, 0.1) is 9.83 Å². The normalized spacial score (nSPS) is 13.6. The van der Waals surface area contributed by atoms with Crippen molar-refractivity contribution in [1.82, 2.24) is 4.90 Å². The van der Waals surface area contributed by atoms with Crippen molar-refractivity contribution in [2.24, 2.45) is 0 Å². The van der Waals surface area contributed by atoms with Crippen molar-refractivity contribution in [3.63, 3.8) is 0 Å². The Morgan fingerprint density at radius 3 is 2.44 bits per heavy atom. The maximum Gasteiger partial charge on any atom is 0.294 e. The number of nitro benzene ring substituents is 1. The van der Waals surface area contributed by atoms with E-state index in [-0.39, 0.29) is 22.0 Å². The van der Waals surface area contributed by atoms with Gasteiger partial charge in [0.1, 0.15) is 12.3 Å². The molecule has 1 aliphatic heterocycles. The summed E-state index contributed by atoms with van der Waals surface area (Å²) in [7, 11) is 0. The second kappa shape index (κ2) is 14.5. The molecule has 4 amide bonds. The van der Waals surface area contributed by atoms with Crippen LogP contribution >= 0.6 is 11.8 Å². The van der Waals surface area contributed by atoms with Crippen LogP contribution in [0.15, 0.2) is 65.6 Å². The lowest BCUT2D eigenvalue weighted by atomic mass is 10.1. The van der Waals surface area contributed by atoms with E-state index in [2.05, 4.69) is 15.5 Å². The van der Waals surface area contributed by atoms with Crippen molar-refractivity contribution in [1.29, 1.82) is 0 Å². The highest BCUT2D eigenvalue weighted by atomic mass is 32.2. The summed E-state index contributed by atoms with van der Waals surface area (Å²) in [4.78, 5) is 64.9. The number of imide groups is 1. The lowest BCUT2D eigenvalue weighted by Crippen LogP contribution is -2.36. The number of nitro groups is 1. The smallest absolute Gasteiger partial charge is 0.294 e.